The molecule has 0 spiro atoms. The van der Waals surface area contributed by atoms with Crippen molar-refractivity contribution in [2.24, 2.45) is 0 Å². The molecule has 0 saturated heterocycles. The Balaban J connectivity index is 1.28. The van der Waals surface area contributed by atoms with E-state index in [-0.39, 0.29) is 29.3 Å². The molecule has 0 atom stereocenters. The maximum absolute atomic E-state index is 13.3. The Labute approximate surface area is 285 Å². The van der Waals surface area contributed by atoms with E-state index in [1.165, 1.54) is 6.07 Å². The zero-order valence-electron chi connectivity index (χ0n) is 27.5. The first-order valence-corrected chi connectivity index (χ1v) is 17.1. The summed E-state index contributed by atoms with van der Waals surface area (Å²) in [4.78, 5) is 46.1. The van der Waals surface area contributed by atoms with E-state index in [1.54, 1.807) is 36.4 Å². The third-order valence-corrected chi connectivity index (χ3v) is 8.73. The Bertz CT molecular complexity index is 2350. The van der Waals surface area contributed by atoms with Crippen LogP contribution < -0.4 is 20.1 Å². The Morgan fingerprint density at radius 1 is 0.880 bits per heavy atom. The van der Waals surface area contributed by atoms with Crippen LogP contribution in [0.3, 0.4) is 0 Å². The molecule has 2 heterocycles. The van der Waals surface area contributed by atoms with Gasteiger partial charge in [-0.3, -0.25) is 9.36 Å². The molecule has 4 aromatic rings. The molecule has 1 aromatic heterocycles. The minimum absolute atomic E-state index is 0.0294. The summed E-state index contributed by atoms with van der Waals surface area (Å²) in [5.41, 5.74) is 4.85. The fraction of sp³-hybridized carbons (Fsp3) is 0.171. The normalized spacial score (nSPS) is 11.5. The molecular formula is C35H33N7O7P+. The van der Waals surface area contributed by atoms with Crippen LogP contribution in [0.25, 0.3) is 44.8 Å². The van der Waals surface area contributed by atoms with E-state index < -0.39 is 25.6 Å². The number of carbonyl (C=O) groups excluding carboxylic acids is 1. The van der Waals surface area contributed by atoms with Gasteiger partial charge in [0, 0.05) is 66.1 Å². The van der Waals surface area contributed by atoms with Crippen LogP contribution in [0.1, 0.15) is 32.1 Å². The van der Waals surface area contributed by atoms with Gasteiger partial charge in [0.25, 0.3) is 5.91 Å². The standard InChI is InChI=1S/C35H32N7O7P/c1-41(2)23-10-13-26-29(16-23)49-30-17-24(42(3)4)11-14-27(30)32(26)25-12-9-22(15-28(25)35(44)45)34(43)36-18-20-5-7-21(8-6-20)33-39-37-31(38-40-33)19-50(46,47)48/h5-17H,18-19H2,1-4H3,(H3-,36,43,44,45,46,47,48)/p+1. The molecule has 254 valence electrons. The maximum Gasteiger partial charge on any atom is 0.336 e. The van der Waals surface area contributed by atoms with Crippen molar-refractivity contribution >= 4 is 36.1 Å². The summed E-state index contributed by atoms with van der Waals surface area (Å²) in [7, 11) is 3.38. The SMILES string of the molecule is CN(C)c1ccc2c(-c3ccc(C(=O)NCc4ccc(-c5nnc(CP(=O)(O)O)nn5)cc4)cc3C(=O)O)c3ccc(=[N+](C)C)cc-3oc2c1. The molecule has 6 rings (SSSR count). The molecule has 0 bridgehead atoms. The monoisotopic (exact) mass is 694 g/mol. The lowest BCUT2D eigenvalue weighted by Crippen LogP contribution is -2.23. The summed E-state index contributed by atoms with van der Waals surface area (Å²) in [5.74, 6) is -1.04. The molecule has 3 aromatic carbocycles. The topological polar surface area (TPSA) is 195 Å². The lowest BCUT2D eigenvalue weighted by molar-refractivity contribution is 0.0697. The Morgan fingerprint density at radius 3 is 2.22 bits per heavy atom. The van der Waals surface area contributed by atoms with Crippen LogP contribution in [0, 0.1) is 0 Å². The zero-order valence-corrected chi connectivity index (χ0v) is 28.4. The second kappa shape index (κ2) is 13.6. The van der Waals surface area contributed by atoms with Gasteiger partial charge in [-0.1, -0.05) is 30.3 Å². The number of amides is 1. The quantitative estimate of drug-likeness (QED) is 0.0971. The first kappa shape index (κ1) is 34.1. The number of hydrogen-bond donors (Lipinski definition) is 4. The Hall–Kier alpha value is -5.82. The van der Waals surface area contributed by atoms with E-state index in [2.05, 4.69) is 25.7 Å². The van der Waals surface area contributed by atoms with Crippen molar-refractivity contribution < 1.29 is 33.5 Å². The van der Waals surface area contributed by atoms with Gasteiger partial charge in [0.05, 0.1) is 11.6 Å². The number of carboxylic acids is 1. The van der Waals surface area contributed by atoms with Crippen LogP contribution in [-0.4, -0.2) is 75.4 Å². The summed E-state index contributed by atoms with van der Waals surface area (Å²) in [5, 5.41) is 30.1. The van der Waals surface area contributed by atoms with Gasteiger partial charge in [0.15, 0.2) is 5.82 Å². The molecular weight excluding hydrogens is 661 g/mol. The number of fused-ring (bicyclic) bond motifs is 2. The molecule has 0 fully saturated rings. The van der Waals surface area contributed by atoms with Crippen molar-refractivity contribution in [2.45, 2.75) is 12.7 Å². The number of carboxylic acid groups (broad SMARTS) is 1. The van der Waals surface area contributed by atoms with Gasteiger partial charge in [-0.25, -0.2) is 9.37 Å². The summed E-state index contributed by atoms with van der Waals surface area (Å²) >= 11 is 0. The fourth-order valence-electron chi connectivity index (χ4n) is 5.46. The largest absolute Gasteiger partial charge is 0.478 e. The summed E-state index contributed by atoms with van der Waals surface area (Å²) < 4.78 is 19.5. The smallest absolute Gasteiger partial charge is 0.336 e. The summed E-state index contributed by atoms with van der Waals surface area (Å²) in [6.07, 6.45) is -0.658. The molecule has 4 N–H and O–H groups in total. The van der Waals surface area contributed by atoms with Gasteiger partial charge in [-0.2, -0.15) is 0 Å². The predicted octanol–water partition coefficient (Wildman–Crippen LogP) is 3.86. The lowest BCUT2D eigenvalue weighted by atomic mass is 9.89. The molecule has 0 unspecified atom stereocenters. The van der Waals surface area contributed by atoms with E-state index in [0.29, 0.717) is 28.0 Å². The fourth-order valence-corrected chi connectivity index (χ4v) is 5.96. The highest BCUT2D eigenvalue weighted by molar-refractivity contribution is 7.50. The number of rotatable bonds is 9. The molecule has 50 heavy (non-hydrogen) atoms. The minimum Gasteiger partial charge on any atom is -0.478 e. The number of aromatic carboxylic acids is 1. The summed E-state index contributed by atoms with van der Waals surface area (Å²) in [6.45, 7) is 0.153. The Morgan fingerprint density at radius 2 is 1.58 bits per heavy atom. The molecule has 1 aliphatic carbocycles. The van der Waals surface area contributed by atoms with Crippen LogP contribution in [0.15, 0.2) is 83.3 Å². The van der Waals surface area contributed by atoms with Crippen LogP contribution in [0.2, 0.25) is 0 Å². The highest BCUT2D eigenvalue weighted by atomic mass is 31.2. The predicted molar refractivity (Wildman–Crippen MR) is 187 cm³/mol. The second-order valence-corrected chi connectivity index (χ2v) is 13.7. The maximum atomic E-state index is 13.3. The first-order chi connectivity index (χ1) is 23.8. The summed E-state index contributed by atoms with van der Waals surface area (Å²) in [6, 6.07) is 23.1. The molecule has 15 heteroatoms. The highest BCUT2D eigenvalue weighted by Gasteiger charge is 2.24. The van der Waals surface area contributed by atoms with Crippen molar-refractivity contribution in [3.8, 4) is 33.8 Å². The molecule has 0 radical (unpaired) electrons. The van der Waals surface area contributed by atoms with Gasteiger partial charge in [-0.05, 0) is 41.5 Å². The number of hydrogen-bond acceptors (Lipinski definition) is 9. The van der Waals surface area contributed by atoms with Crippen molar-refractivity contribution in [3.63, 3.8) is 0 Å². The van der Waals surface area contributed by atoms with Crippen molar-refractivity contribution in [1.82, 2.24) is 30.3 Å². The zero-order chi connectivity index (χ0) is 35.7. The molecule has 14 nitrogen and oxygen atoms in total. The van der Waals surface area contributed by atoms with E-state index in [4.69, 9.17) is 14.2 Å². The van der Waals surface area contributed by atoms with Gasteiger partial charge >= 0.3 is 13.6 Å². The van der Waals surface area contributed by atoms with Gasteiger partial charge in [0.1, 0.15) is 31.6 Å². The van der Waals surface area contributed by atoms with Gasteiger partial charge in [-0.15, -0.1) is 20.4 Å². The molecule has 2 aliphatic rings. The van der Waals surface area contributed by atoms with E-state index in [9.17, 15) is 19.3 Å². The third kappa shape index (κ3) is 7.27. The molecule has 1 aliphatic heterocycles. The van der Waals surface area contributed by atoms with Crippen molar-refractivity contribution in [1.29, 1.82) is 0 Å². The number of benzene rings is 4. The Kier molecular flexibility index (Phi) is 9.26. The average molecular weight is 695 g/mol. The number of nitrogens with one attached hydrogen (secondary N) is 1. The lowest BCUT2D eigenvalue weighted by Gasteiger charge is -2.19. The van der Waals surface area contributed by atoms with E-state index >= 15 is 0 Å². The number of anilines is 1. The molecule has 1 amide bonds. The van der Waals surface area contributed by atoms with Gasteiger partial charge in [0.2, 0.25) is 11.2 Å². The van der Waals surface area contributed by atoms with Crippen molar-refractivity contribution in [2.75, 3.05) is 33.1 Å². The average Bonchev–Trinajstić information content (AvgIpc) is 3.08. The van der Waals surface area contributed by atoms with Crippen LogP contribution in [0.5, 0.6) is 0 Å². The number of nitrogens with zero attached hydrogens (tertiary/aromatic N) is 6. The first-order valence-electron chi connectivity index (χ1n) is 15.3. The third-order valence-electron chi connectivity index (χ3n) is 8.04. The second-order valence-electron chi connectivity index (χ2n) is 12.0. The molecule has 0 saturated carbocycles. The van der Waals surface area contributed by atoms with Crippen LogP contribution in [0.4, 0.5) is 5.69 Å². The van der Waals surface area contributed by atoms with Crippen LogP contribution in [-0.2, 0) is 17.3 Å². The van der Waals surface area contributed by atoms with Crippen LogP contribution >= 0.6 is 7.60 Å². The number of carbonyl (C=O) groups is 2. The van der Waals surface area contributed by atoms with Gasteiger partial charge < -0.3 is 29.5 Å². The van der Waals surface area contributed by atoms with E-state index in [1.807, 2.05) is 74.1 Å². The van der Waals surface area contributed by atoms with Crippen molar-refractivity contribution in [3.05, 3.63) is 107 Å². The van der Waals surface area contributed by atoms with E-state index in [0.717, 1.165) is 27.6 Å². The minimum atomic E-state index is -4.35. The number of aromatic nitrogens is 4. The highest BCUT2D eigenvalue weighted by Crippen LogP contribution is 2.42.